The van der Waals surface area contributed by atoms with E-state index in [1.165, 1.54) is 13.2 Å². The smallest absolute Gasteiger partial charge is 0.248 e. The lowest BCUT2D eigenvalue weighted by molar-refractivity contribution is -0.121. The topological polar surface area (TPSA) is 54.5 Å². The lowest BCUT2D eigenvalue weighted by Crippen LogP contribution is -2.38. The molecule has 0 spiro atoms. The maximum Gasteiger partial charge on any atom is 0.248 e. The van der Waals surface area contributed by atoms with Crippen molar-refractivity contribution >= 4 is 28.8 Å². The van der Waals surface area contributed by atoms with Gasteiger partial charge in [0, 0.05) is 17.1 Å². The van der Waals surface area contributed by atoms with Crippen LogP contribution in [0.25, 0.3) is 0 Å². The number of carbonyl (C=O) groups excluding carboxylic acids is 2. The van der Waals surface area contributed by atoms with Gasteiger partial charge in [0.1, 0.15) is 5.25 Å². The molecule has 16 heavy (non-hydrogen) atoms. The van der Waals surface area contributed by atoms with Crippen LogP contribution in [-0.2, 0) is 20.4 Å². The van der Waals surface area contributed by atoms with Crippen LogP contribution in [0.15, 0.2) is 30.3 Å². The first-order valence-electron chi connectivity index (χ1n) is 4.73. The van der Waals surface area contributed by atoms with Gasteiger partial charge in [0.25, 0.3) is 0 Å². The lowest BCUT2D eigenvalue weighted by Gasteiger charge is -2.18. The van der Waals surface area contributed by atoms with E-state index in [9.17, 15) is 13.8 Å². The standard InChI is InChI=1S/C11H13NO3S/c1-9(16(2)15)11(14)12(8-13)10-6-4-3-5-7-10/h3-9H,1-2H3. The van der Waals surface area contributed by atoms with Crippen molar-refractivity contribution in [3.63, 3.8) is 0 Å². The molecular formula is C11H13NO3S. The van der Waals surface area contributed by atoms with E-state index >= 15 is 0 Å². The molecule has 2 amide bonds. The summed E-state index contributed by atoms with van der Waals surface area (Å²) in [5.74, 6) is -0.456. The summed E-state index contributed by atoms with van der Waals surface area (Å²) in [6.07, 6.45) is 1.89. The van der Waals surface area contributed by atoms with E-state index in [1.54, 1.807) is 30.3 Å². The van der Waals surface area contributed by atoms with Crippen molar-refractivity contribution in [1.29, 1.82) is 0 Å². The Morgan fingerprint density at radius 3 is 2.38 bits per heavy atom. The molecule has 0 N–H and O–H groups in total. The van der Waals surface area contributed by atoms with E-state index in [1.807, 2.05) is 0 Å². The number of hydrogen-bond donors (Lipinski definition) is 0. The molecule has 1 aromatic carbocycles. The largest absolute Gasteiger partial charge is 0.278 e. The molecule has 0 heterocycles. The highest BCUT2D eigenvalue weighted by atomic mass is 32.2. The summed E-state index contributed by atoms with van der Waals surface area (Å²) < 4.78 is 11.2. The van der Waals surface area contributed by atoms with Gasteiger partial charge in [0.15, 0.2) is 0 Å². The molecule has 0 aliphatic rings. The third-order valence-corrected chi connectivity index (χ3v) is 3.42. The molecule has 5 heteroatoms. The second-order valence-electron chi connectivity index (χ2n) is 3.29. The predicted octanol–water partition coefficient (Wildman–Crippen LogP) is 0.943. The molecule has 0 saturated carbocycles. The first-order chi connectivity index (χ1) is 7.57. The summed E-state index contributed by atoms with van der Waals surface area (Å²) in [5, 5.41) is -0.689. The van der Waals surface area contributed by atoms with Gasteiger partial charge in [0.2, 0.25) is 12.3 Å². The van der Waals surface area contributed by atoms with Crippen LogP contribution in [0, 0.1) is 0 Å². The quantitative estimate of drug-likeness (QED) is 0.735. The third kappa shape index (κ3) is 2.76. The first kappa shape index (κ1) is 12.6. The molecule has 2 unspecified atom stereocenters. The van der Waals surface area contributed by atoms with Crippen LogP contribution in [0.3, 0.4) is 0 Å². The Morgan fingerprint density at radius 2 is 1.94 bits per heavy atom. The molecule has 1 aromatic rings. The van der Waals surface area contributed by atoms with E-state index in [0.717, 1.165) is 4.90 Å². The van der Waals surface area contributed by atoms with Gasteiger partial charge >= 0.3 is 0 Å². The number of amides is 2. The third-order valence-electron chi connectivity index (χ3n) is 2.22. The Balaban J connectivity index is 2.96. The minimum atomic E-state index is -1.29. The zero-order chi connectivity index (χ0) is 12.1. The summed E-state index contributed by atoms with van der Waals surface area (Å²) in [6, 6.07) is 8.55. The average molecular weight is 239 g/mol. The van der Waals surface area contributed by atoms with Crippen LogP contribution >= 0.6 is 0 Å². The fourth-order valence-electron chi connectivity index (χ4n) is 1.17. The molecule has 0 aromatic heterocycles. The SMILES string of the molecule is CC(C(=O)N(C=O)c1ccccc1)S(C)=O. The van der Waals surface area contributed by atoms with Crippen molar-refractivity contribution in [1.82, 2.24) is 0 Å². The van der Waals surface area contributed by atoms with Gasteiger partial charge in [-0.05, 0) is 19.1 Å². The Bertz CT molecular complexity index is 405. The van der Waals surface area contributed by atoms with E-state index in [-0.39, 0.29) is 0 Å². The Kier molecular flexibility index (Phi) is 4.37. The number of benzene rings is 1. The van der Waals surface area contributed by atoms with Crippen molar-refractivity contribution < 1.29 is 13.8 Å². The minimum Gasteiger partial charge on any atom is -0.278 e. The van der Waals surface area contributed by atoms with Gasteiger partial charge in [0.05, 0.1) is 5.69 Å². The second-order valence-corrected chi connectivity index (χ2v) is 4.99. The van der Waals surface area contributed by atoms with Crippen molar-refractivity contribution in [3.05, 3.63) is 30.3 Å². The number of imide groups is 1. The first-order valence-corrected chi connectivity index (χ1v) is 6.35. The summed E-state index contributed by atoms with van der Waals surface area (Å²) in [6.45, 7) is 1.54. The Morgan fingerprint density at radius 1 is 1.38 bits per heavy atom. The maximum absolute atomic E-state index is 11.8. The van der Waals surface area contributed by atoms with Crippen LogP contribution in [0.4, 0.5) is 5.69 Å². The molecular weight excluding hydrogens is 226 g/mol. The van der Waals surface area contributed by atoms with Gasteiger partial charge in [-0.3, -0.25) is 18.7 Å². The highest BCUT2D eigenvalue weighted by molar-refractivity contribution is 7.85. The number of rotatable bonds is 4. The average Bonchev–Trinajstić information content (AvgIpc) is 2.30. The van der Waals surface area contributed by atoms with Crippen molar-refractivity contribution in [3.8, 4) is 0 Å². The van der Waals surface area contributed by atoms with E-state index in [2.05, 4.69) is 0 Å². The summed E-state index contributed by atoms with van der Waals surface area (Å²) in [5.41, 5.74) is 0.486. The van der Waals surface area contributed by atoms with Gasteiger partial charge in [-0.1, -0.05) is 18.2 Å². The molecule has 0 aliphatic carbocycles. The number of anilines is 1. The zero-order valence-corrected chi connectivity index (χ0v) is 9.94. The molecule has 0 saturated heterocycles. The van der Waals surface area contributed by atoms with E-state index < -0.39 is 22.0 Å². The predicted molar refractivity (Wildman–Crippen MR) is 63.5 cm³/mol. The van der Waals surface area contributed by atoms with Gasteiger partial charge in [-0.2, -0.15) is 0 Å². The van der Waals surface area contributed by atoms with Crippen LogP contribution < -0.4 is 4.90 Å². The second kappa shape index (κ2) is 5.55. The van der Waals surface area contributed by atoms with Gasteiger partial charge in [-0.25, -0.2) is 0 Å². The normalized spacial score (nSPS) is 13.9. The summed E-state index contributed by atoms with van der Waals surface area (Å²) in [4.78, 5) is 23.7. The summed E-state index contributed by atoms with van der Waals surface area (Å²) >= 11 is 0. The van der Waals surface area contributed by atoms with Crippen LogP contribution in [0.5, 0.6) is 0 Å². The van der Waals surface area contributed by atoms with Crippen molar-refractivity contribution in [2.24, 2.45) is 0 Å². The molecule has 86 valence electrons. The van der Waals surface area contributed by atoms with Crippen LogP contribution in [0.2, 0.25) is 0 Å². The fraction of sp³-hybridized carbons (Fsp3) is 0.273. The molecule has 2 atom stereocenters. The summed E-state index contributed by atoms with van der Waals surface area (Å²) in [7, 11) is -1.29. The lowest BCUT2D eigenvalue weighted by atomic mass is 10.3. The molecule has 1 rings (SSSR count). The molecule has 0 radical (unpaired) electrons. The van der Waals surface area contributed by atoms with Crippen LogP contribution in [0.1, 0.15) is 6.92 Å². The van der Waals surface area contributed by atoms with E-state index in [0.29, 0.717) is 12.1 Å². The number of para-hydroxylation sites is 1. The Labute approximate surface area is 96.7 Å². The molecule has 4 nitrogen and oxygen atoms in total. The van der Waals surface area contributed by atoms with Crippen molar-refractivity contribution in [2.45, 2.75) is 12.2 Å². The van der Waals surface area contributed by atoms with Gasteiger partial charge < -0.3 is 0 Å². The Hall–Kier alpha value is -1.49. The number of nitrogens with zero attached hydrogens (tertiary/aromatic N) is 1. The minimum absolute atomic E-state index is 0.445. The number of hydrogen-bond acceptors (Lipinski definition) is 3. The van der Waals surface area contributed by atoms with Crippen molar-refractivity contribution in [2.75, 3.05) is 11.2 Å². The maximum atomic E-state index is 11.8. The molecule has 0 bridgehead atoms. The number of carbonyl (C=O) groups is 2. The zero-order valence-electron chi connectivity index (χ0n) is 9.12. The molecule has 0 aliphatic heterocycles. The highest BCUT2D eigenvalue weighted by Crippen LogP contribution is 2.13. The molecule has 0 fully saturated rings. The van der Waals surface area contributed by atoms with Crippen LogP contribution in [-0.4, -0.2) is 28.0 Å². The fourth-order valence-corrected chi connectivity index (χ4v) is 1.56. The monoisotopic (exact) mass is 239 g/mol. The highest BCUT2D eigenvalue weighted by Gasteiger charge is 2.23. The van der Waals surface area contributed by atoms with E-state index in [4.69, 9.17) is 0 Å². The van der Waals surface area contributed by atoms with Gasteiger partial charge in [-0.15, -0.1) is 0 Å².